The molecule has 0 spiro atoms. The van der Waals surface area contributed by atoms with Crippen molar-refractivity contribution in [3.05, 3.63) is 24.8 Å². The number of carbonyl (C=O) groups excluding carboxylic acids is 1. The van der Waals surface area contributed by atoms with Gasteiger partial charge in [-0.15, -0.1) is 6.58 Å². The third-order valence-corrected chi connectivity index (χ3v) is 3.33. The van der Waals surface area contributed by atoms with Crippen molar-refractivity contribution in [3.63, 3.8) is 0 Å². The average Bonchev–Trinajstić information content (AvgIpc) is 2.28. The largest absolute Gasteiger partial charge is 0.462 e. The topological polar surface area (TPSA) is 46.5 Å². The third kappa shape index (κ3) is 4.35. The summed E-state index contributed by atoms with van der Waals surface area (Å²) in [6.45, 7) is 5.35. The minimum Gasteiger partial charge on any atom is -0.462 e. The van der Waals surface area contributed by atoms with Crippen LogP contribution in [-0.2, 0) is 9.53 Å². The molecular formula is C14H22O3. The van der Waals surface area contributed by atoms with Crippen LogP contribution in [0.25, 0.3) is 0 Å². The summed E-state index contributed by atoms with van der Waals surface area (Å²) in [4.78, 5) is 10.6. The van der Waals surface area contributed by atoms with E-state index in [4.69, 9.17) is 4.74 Å². The van der Waals surface area contributed by atoms with Crippen LogP contribution < -0.4 is 0 Å². The molecule has 0 aromatic rings. The van der Waals surface area contributed by atoms with Gasteiger partial charge in [0.15, 0.2) is 0 Å². The second-order valence-corrected chi connectivity index (χ2v) is 4.66. The maximum atomic E-state index is 10.6. The molecule has 0 radical (unpaired) electrons. The lowest BCUT2D eigenvalue weighted by Crippen LogP contribution is -2.38. The minimum absolute atomic E-state index is 0.235. The fraction of sp³-hybridized carbons (Fsp3) is 0.643. The van der Waals surface area contributed by atoms with E-state index in [1.54, 1.807) is 12.2 Å². The van der Waals surface area contributed by atoms with Gasteiger partial charge in [-0.25, -0.2) is 0 Å². The quantitative estimate of drug-likeness (QED) is 0.591. The van der Waals surface area contributed by atoms with Gasteiger partial charge in [0.25, 0.3) is 0 Å². The number of carbonyl (C=O) groups is 1. The number of rotatable bonds is 5. The number of esters is 1. The van der Waals surface area contributed by atoms with Crippen LogP contribution in [0.4, 0.5) is 0 Å². The highest BCUT2D eigenvalue weighted by atomic mass is 16.5. The molecule has 1 N–H and O–H groups in total. The van der Waals surface area contributed by atoms with Crippen LogP contribution in [0.5, 0.6) is 0 Å². The van der Waals surface area contributed by atoms with Crippen LogP contribution in [0.15, 0.2) is 24.8 Å². The number of hydrogen-bond acceptors (Lipinski definition) is 3. The molecule has 0 aliphatic heterocycles. The standard InChI is InChI=1S/C14H22O3/c1-3-7-13-8-4-5-9-14(13,16)10-6-11-17-12(2)15/h3,6,10,13,16H,1,4-5,7-9,11H2,2H3. The van der Waals surface area contributed by atoms with E-state index in [9.17, 15) is 9.90 Å². The first kappa shape index (κ1) is 14.0. The smallest absolute Gasteiger partial charge is 0.302 e. The van der Waals surface area contributed by atoms with Crippen molar-refractivity contribution in [2.75, 3.05) is 6.61 Å². The van der Waals surface area contributed by atoms with Crippen molar-refractivity contribution >= 4 is 5.97 Å². The van der Waals surface area contributed by atoms with E-state index < -0.39 is 5.60 Å². The number of aliphatic hydroxyl groups is 1. The van der Waals surface area contributed by atoms with E-state index in [-0.39, 0.29) is 18.5 Å². The first-order valence-corrected chi connectivity index (χ1v) is 6.23. The third-order valence-electron chi connectivity index (χ3n) is 3.33. The summed E-state index contributed by atoms with van der Waals surface area (Å²) in [5, 5.41) is 10.6. The zero-order valence-electron chi connectivity index (χ0n) is 10.5. The summed E-state index contributed by atoms with van der Waals surface area (Å²) in [5.41, 5.74) is -0.757. The average molecular weight is 238 g/mol. The highest BCUT2D eigenvalue weighted by Crippen LogP contribution is 2.37. The molecule has 0 aromatic carbocycles. The Labute approximate surface area is 103 Å². The van der Waals surface area contributed by atoms with Crippen LogP contribution in [0, 0.1) is 5.92 Å². The van der Waals surface area contributed by atoms with Gasteiger partial charge in [-0.1, -0.05) is 25.0 Å². The molecule has 2 atom stereocenters. The number of allylic oxidation sites excluding steroid dienone is 1. The Morgan fingerprint density at radius 2 is 2.35 bits per heavy atom. The zero-order chi connectivity index (χ0) is 12.7. The van der Waals surface area contributed by atoms with Crippen LogP contribution >= 0.6 is 0 Å². The van der Waals surface area contributed by atoms with Crippen molar-refractivity contribution < 1.29 is 14.6 Å². The number of hydrogen-bond donors (Lipinski definition) is 1. The molecule has 3 heteroatoms. The van der Waals surface area contributed by atoms with Gasteiger partial charge in [0.1, 0.15) is 6.61 Å². The van der Waals surface area contributed by atoms with Gasteiger partial charge in [-0.05, 0) is 31.3 Å². The highest BCUT2D eigenvalue weighted by molar-refractivity contribution is 5.65. The highest BCUT2D eigenvalue weighted by Gasteiger charge is 2.35. The predicted octanol–water partition coefficient (Wildman–Crippen LogP) is 2.60. The Morgan fingerprint density at radius 3 is 3.00 bits per heavy atom. The molecule has 0 bridgehead atoms. The minimum atomic E-state index is -0.757. The molecule has 17 heavy (non-hydrogen) atoms. The summed E-state index contributed by atoms with van der Waals surface area (Å²) in [7, 11) is 0. The lowest BCUT2D eigenvalue weighted by molar-refractivity contribution is -0.139. The van der Waals surface area contributed by atoms with Crippen molar-refractivity contribution in [2.45, 2.75) is 44.6 Å². The van der Waals surface area contributed by atoms with E-state index in [1.165, 1.54) is 13.3 Å². The van der Waals surface area contributed by atoms with Crippen LogP contribution in [0.3, 0.4) is 0 Å². The first-order valence-electron chi connectivity index (χ1n) is 6.23. The molecule has 1 rings (SSSR count). The monoisotopic (exact) mass is 238 g/mol. The van der Waals surface area contributed by atoms with Crippen molar-refractivity contribution in [1.29, 1.82) is 0 Å². The Balaban J connectivity index is 2.55. The first-order chi connectivity index (χ1) is 8.08. The number of ether oxygens (including phenoxy) is 1. The van der Waals surface area contributed by atoms with E-state index in [0.29, 0.717) is 0 Å². The molecule has 0 heterocycles. The van der Waals surface area contributed by atoms with E-state index in [2.05, 4.69) is 6.58 Å². The molecule has 1 aliphatic carbocycles. The summed E-state index contributed by atoms with van der Waals surface area (Å²) in [6.07, 6.45) is 10.2. The van der Waals surface area contributed by atoms with E-state index in [0.717, 1.165) is 25.7 Å². The maximum Gasteiger partial charge on any atom is 0.302 e. The Kier molecular flexibility index (Phi) is 5.42. The van der Waals surface area contributed by atoms with Gasteiger partial charge in [0, 0.05) is 6.92 Å². The van der Waals surface area contributed by atoms with Crippen molar-refractivity contribution in [1.82, 2.24) is 0 Å². The summed E-state index contributed by atoms with van der Waals surface area (Å²) < 4.78 is 4.82. The molecular weight excluding hydrogens is 216 g/mol. The van der Waals surface area contributed by atoms with E-state index >= 15 is 0 Å². The molecule has 2 unspecified atom stereocenters. The van der Waals surface area contributed by atoms with Gasteiger partial charge in [0.05, 0.1) is 5.60 Å². The van der Waals surface area contributed by atoms with Gasteiger partial charge in [-0.3, -0.25) is 4.79 Å². The molecule has 1 aliphatic rings. The van der Waals surface area contributed by atoms with Crippen LogP contribution in [0.2, 0.25) is 0 Å². The van der Waals surface area contributed by atoms with E-state index in [1.807, 2.05) is 6.08 Å². The fourth-order valence-electron chi connectivity index (χ4n) is 2.41. The molecule has 1 fully saturated rings. The predicted molar refractivity (Wildman–Crippen MR) is 67.5 cm³/mol. The van der Waals surface area contributed by atoms with Gasteiger partial charge >= 0.3 is 5.97 Å². The molecule has 0 saturated heterocycles. The summed E-state index contributed by atoms with van der Waals surface area (Å²) in [6, 6.07) is 0. The molecule has 0 aromatic heterocycles. The maximum absolute atomic E-state index is 10.6. The van der Waals surface area contributed by atoms with Crippen molar-refractivity contribution in [3.8, 4) is 0 Å². The molecule has 1 saturated carbocycles. The van der Waals surface area contributed by atoms with Gasteiger partial charge in [0.2, 0.25) is 0 Å². The molecule has 3 nitrogen and oxygen atoms in total. The summed E-state index contributed by atoms with van der Waals surface area (Å²) in [5.74, 6) is -0.0600. The Hall–Kier alpha value is -1.09. The summed E-state index contributed by atoms with van der Waals surface area (Å²) >= 11 is 0. The Bertz CT molecular complexity index is 296. The van der Waals surface area contributed by atoms with Gasteiger partial charge in [-0.2, -0.15) is 0 Å². The second kappa shape index (κ2) is 6.60. The van der Waals surface area contributed by atoms with Crippen LogP contribution in [0.1, 0.15) is 39.0 Å². The second-order valence-electron chi connectivity index (χ2n) is 4.66. The lowest BCUT2D eigenvalue weighted by Gasteiger charge is -2.37. The fourth-order valence-corrected chi connectivity index (χ4v) is 2.41. The Morgan fingerprint density at radius 1 is 1.59 bits per heavy atom. The van der Waals surface area contributed by atoms with Crippen molar-refractivity contribution in [2.24, 2.45) is 5.92 Å². The molecule has 0 amide bonds. The molecule has 96 valence electrons. The van der Waals surface area contributed by atoms with Gasteiger partial charge < -0.3 is 9.84 Å². The van der Waals surface area contributed by atoms with Crippen LogP contribution in [-0.4, -0.2) is 23.3 Å². The normalized spacial score (nSPS) is 29.2. The zero-order valence-corrected chi connectivity index (χ0v) is 10.5. The SMILES string of the molecule is C=CCC1CCCCC1(O)C=CCOC(C)=O. The lowest BCUT2D eigenvalue weighted by atomic mass is 9.73.